The zero-order valence-electron chi connectivity index (χ0n) is 22.0. The minimum absolute atomic E-state index is 0.0521. The summed E-state index contributed by atoms with van der Waals surface area (Å²) in [5.74, 6) is -1.19. The third kappa shape index (κ3) is 7.38. The molecule has 0 spiro atoms. The Hall–Kier alpha value is -3.79. The maximum atomic E-state index is 13.5. The normalized spacial score (nSPS) is 11.7. The standard InChI is InChI=1S/C28H31FN2O6S/c1-6-38(35,36)17-18-7-12-22(26(33)19-8-10-21(29)11-9-19)23(13-18)24-16-31(5)25(32)14-20(24)15-30-27(34)37-28(2,3)4/h7-14,16H,6,15,17H2,1-5H3,(H,30,34). The number of hydrogen-bond donors (Lipinski definition) is 1. The largest absolute Gasteiger partial charge is 0.444 e. The van der Waals surface area contributed by atoms with Crippen molar-refractivity contribution in [2.75, 3.05) is 5.75 Å². The summed E-state index contributed by atoms with van der Waals surface area (Å²) >= 11 is 0. The Morgan fingerprint density at radius 2 is 1.68 bits per heavy atom. The lowest BCUT2D eigenvalue weighted by Gasteiger charge is -2.20. The number of nitrogens with one attached hydrogen (secondary N) is 1. The van der Waals surface area contributed by atoms with Crippen LogP contribution in [0.1, 0.15) is 54.7 Å². The van der Waals surface area contributed by atoms with E-state index in [0.717, 1.165) is 0 Å². The van der Waals surface area contributed by atoms with Crippen molar-refractivity contribution < 1.29 is 27.1 Å². The Morgan fingerprint density at radius 1 is 1.03 bits per heavy atom. The van der Waals surface area contributed by atoms with Gasteiger partial charge in [0.2, 0.25) is 0 Å². The van der Waals surface area contributed by atoms with E-state index in [2.05, 4.69) is 5.32 Å². The number of carbonyl (C=O) groups is 2. The maximum Gasteiger partial charge on any atom is 0.407 e. The second-order valence-corrected chi connectivity index (χ2v) is 12.3. The van der Waals surface area contributed by atoms with Crippen molar-refractivity contribution in [3.63, 3.8) is 0 Å². The molecular formula is C28H31FN2O6S. The van der Waals surface area contributed by atoms with Crippen LogP contribution < -0.4 is 10.9 Å². The van der Waals surface area contributed by atoms with Crippen molar-refractivity contribution in [1.29, 1.82) is 0 Å². The molecule has 0 atom stereocenters. The summed E-state index contributed by atoms with van der Waals surface area (Å²) in [7, 11) is -1.84. The molecule has 1 heterocycles. The van der Waals surface area contributed by atoms with Gasteiger partial charge in [0.05, 0.1) is 5.75 Å². The number of ketones is 1. The van der Waals surface area contributed by atoms with Crippen LogP contribution in [0, 0.1) is 5.82 Å². The number of amides is 1. The van der Waals surface area contributed by atoms with Gasteiger partial charge in [0.1, 0.15) is 11.4 Å². The van der Waals surface area contributed by atoms with Gasteiger partial charge in [-0.2, -0.15) is 0 Å². The van der Waals surface area contributed by atoms with Crippen LogP contribution in [0.15, 0.2) is 59.5 Å². The molecule has 0 saturated carbocycles. The van der Waals surface area contributed by atoms with Gasteiger partial charge >= 0.3 is 6.09 Å². The molecule has 1 N–H and O–H groups in total. The molecule has 0 aliphatic carbocycles. The summed E-state index contributed by atoms with van der Waals surface area (Å²) in [5, 5.41) is 2.63. The number of benzene rings is 2. The predicted octanol–water partition coefficient (Wildman–Crippen LogP) is 4.38. The minimum Gasteiger partial charge on any atom is -0.444 e. The van der Waals surface area contributed by atoms with E-state index in [4.69, 9.17) is 4.74 Å². The summed E-state index contributed by atoms with van der Waals surface area (Å²) in [5.41, 5.74) is 1.08. The van der Waals surface area contributed by atoms with E-state index in [9.17, 15) is 27.2 Å². The second-order valence-electron chi connectivity index (χ2n) is 9.91. The predicted molar refractivity (Wildman–Crippen MR) is 143 cm³/mol. The van der Waals surface area contributed by atoms with Gasteiger partial charge in [-0.25, -0.2) is 17.6 Å². The number of halogens is 1. The van der Waals surface area contributed by atoms with Crippen LogP contribution in [0.3, 0.4) is 0 Å². The molecule has 8 nitrogen and oxygen atoms in total. The molecule has 0 saturated heterocycles. The maximum absolute atomic E-state index is 13.5. The number of carbonyl (C=O) groups excluding carboxylic acids is 2. The number of sulfone groups is 1. The quantitative estimate of drug-likeness (QED) is 0.423. The Balaban J connectivity index is 2.17. The summed E-state index contributed by atoms with van der Waals surface area (Å²) in [4.78, 5) is 38.3. The topological polar surface area (TPSA) is 112 Å². The lowest BCUT2D eigenvalue weighted by molar-refractivity contribution is 0.0523. The van der Waals surface area contributed by atoms with E-state index in [-0.39, 0.29) is 34.7 Å². The average Bonchev–Trinajstić information content (AvgIpc) is 2.83. The van der Waals surface area contributed by atoms with Crippen molar-refractivity contribution in [3.05, 3.63) is 93.2 Å². The molecule has 38 heavy (non-hydrogen) atoms. The fourth-order valence-corrected chi connectivity index (χ4v) is 4.65. The number of pyridine rings is 1. The molecule has 0 aliphatic rings. The first-order valence-electron chi connectivity index (χ1n) is 12.0. The van der Waals surface area contributed by atoms with Crippen molar-refractivity contribution in [3.8, 4) is 11.1 Å². The second kappa shape index (κ2) is 11.3. The SMILES string of the molecule is CCS(=O)(=O)Cc1ccc(C(=O)c2ccc(F)cc2)c(-c2cn(C)c(=O)cc2CNC(=O)OC(C)(C)C)c1. The molecule has 0 unspecified atom stereocenters. The van der Waals surface area contributed by atoms with Gasteiger partial charge < -0.3 is 14.6 Å². The molecule has 0 radical (unpaired) electrons. The monoisotopic (exact) mass is 542 g/mol. The lowest BCUT2D eigenvalue weighted by atomic mass is 9.91. The fraction of sp³-hybridized carbons (Fsp3) is 0.321. The van der Waals surface area contributed by atoms with Gasteiger partial charge in [-0.15, -0.1) is 0 Å². The van der Waals surface area contributed by atoms with E-state index < -0.39 is 33.1 Å². The number of rotatable bonds is 8. The van der Waals surface area contributed by atoms with Gasteiger partial charge in [0.15, 0.2) is 15.6 Å². The highest BCUT2D eigenvalue weighted by atomic mass is 32.2. The minimum atomic E-state index is -3.38. The van der Waals surface area contributed by atoms with Gasteiger partial charge in [-0.1, -0.05) is 19.1 Å². The Labute approximate surface area is 221 Å². The third-order valence-electron chi connectivity index (χ3n) is 5.69. The Morgan fingerprint density at radius 3 is 2.29 bits per heavy atom. The number of aryl methyl sites for hydroxylation is 1. The average molecular weight is 543 g/mol. The van der Waals surface area contributed by atoms with Crippen molar-refractivity contribution >= 4 is 21.7 Å². The molecule has 1 amide bonds. The third-order valence-corrected chi connectivity index (χ3v) is 7.34. The molecule has 1 aromatic heterocycles. The number of aromatic nitrogens is 1. The van der Waals surface area contributed by atoms with Crippen LogP contribution in [0.2, 0.25) is 0 Å². The van der Waals surface area contributed by atoms with Crippen LogP contribution >= 0.6 is 0 Å². The first-order valence-corrected chi connectivity index (χ1v) is 13.8. The van der Waals surface area contributed by atoms with Crippen LogP contribution in [-0.4, -0.2) is 36.2 Å². The van der Waals surface area contributed by atoms with Gasteiger partial charge in [-0.05, 0) is 67.8 Å². The zero-order valence-corrected chi connectivity index (χ0v) is 22.8. The van der Waals surface area contributed by atoms with E-state index in [1.807, 2.05) is 0 Å². The Bertz CT molecular complexity index is 1520. The molecule has 3 rings (SSSR count). The molecule has 0 fully saturated rings. The van der Waals surface area contributed by atoms with Crippen LogP contribution in [0.4, 0.5) is 9.18 Å². The fourth-order valence-electron chi connectivity index (χ4n) is 3.75. The summed E-state index contributed by atoms with van der Waals surface area (Å²) in [6.45, 7) is 6.64. The molecule has 202 valence electrons. The number of hydrogen-bond acceptors (Lipinski definition) is 6. The van der Waals surface area contributed by atoms with Gasteiger partial charge in [0.25, 0.3) is 5.56 Å². The molecule has 0 aliphatic heterocycles. The molecule has 10 heteroatoms. The van der Waals surface area contributed by atoms with Crippen LogP contribution in [0.25, 0.3) is 11.1 Å². The molecule has 3 aromatic rings. The number of alkyl carbamates (subject to hydrolysis) is 1. The first kappa shape index (κ1) is 28.8. The van der Waals surface area contributed by atoms with Gasteiger partial charge in [-0.3, -0.25) is 9.59 Å². The van der Waals surface area contributed by atoms with Crippen molar-refractivity contribution in [1.82, 2.24) is 9.88 Å². The van der Waals surface area contributed by atoms with E-state index in [1.165, 1.54) is 47.2 Å². The summed E-state index contributed by atoms with van der Waals surface area (Å²) in [6.07, 6.45) is 0.845. The summed E-state index contributed by atoms with van der Waals surface area (Å²) < 4.78 is 44.8. The highest BCUT2D eigenvalue weighted by molar-refractivity contribution is 7.90. The molecule has 2 aromatic carbocycles. The number of ether oxygens (including phenoxy) is 1. The van der Waals surface area contributed by atoms with E-state index in [1.54, 1.807) is 46.9 Å². The zero-order chi connectivity index (χ0) is 28.3. The van der Waals surface area contributed by atoms with E-state index >= 15 is 0 Å². The first-order chi connectivity index (χ1) is 17.7. The molecular weight excluding hydrogens is 511 g/mol. The van der Waals surface area contributed by atoms with Crippen molar-refractivity contribution in [2.24, 2.45) is 7.05 Å². The van der Waals surface area contributed by atoms with Gasteiger partial charge in [0, 0.05) is 48.3 Å². The highest BCUT2D eigenvalue weighted by Gasteiger charge is 2.21. The smallest absolute Gasteiger partial charge is 0.407 e. The van der Waals surface area contributed by atoms with Crippen molar-refractivity contribution in [2.45, 2.75) is 45.6 Å². The summed E-state index contributed by atoms with van der Waals surface area (Å²) in [6, 6.07) is 11.1. The van der Waals surface area contributed by atoms with Crippen LogP contribution in [0.5, 0.6) is 0 Å². The molecule has 0 bridgehead atoms. The van der Waals surface area contributed by atoms with Crippen LogP contribution in [-0.2, 0) is 33.9 Å². The lowest BCUT2D eigenvalue weighted by Crippen LogP contribution is -2.32. The number of nitrogens with zero attached hydrogens (tertiary/aromatic N) is 1. The van der Waals surface area contributed by atoms with E-state index in [0.29, 0.717) is 22.3 Å². The Kier molecular flexibility index (Phi) is 8.56. The highest BCUT2D eigenvalue weighted by Crippen LogP contribution is 2.30.